The molecular weight excluding hydrogens is 309 g/mol. The van der Waals surface area contributed by atoms with E-state index in [0.717, 1.165) is 11.1 Å². The highest BCUT2D eigenvalue weighted by atomic mass is 79.9. The number of nitrogen functional groups attached to an aromatic ring is 1. The third-order valence-corrected chi connectivity index (χ3v) is 3.78. The van der Waals surface area contributed by atoms with Crippen molar-refractivity contribution in [3.8, 4) is 0 Å². The molecule has 2 aromatic carbocycles. The standard InChI is InChI=1S/C15H13BrFNO/c1-9-12(3-2-4-14(9)18)15(19)7-10-5-6-11(17)8-13(10)16/h2-6,8H,7,18H2,1H3. The van der Waals surface area contributed by atoms with Gasteiger partial charge in [-0.05, 0) is 36.2 Å². The van der Waals surface area contributed by atoms with Crippen LogP contribution >= 0.6 is 15.9 Å². The van der Waals surface area contributed by atoms with E-state index in [1.54, 1.807) is 24.3 Å². The second kappa shape index (κ2) is 5.53. The Hall–Kier alpha value is -1.68. The van der Waals surface area contributed by atoms with E-state index >= 15 is 0 Å². The van der Waals surface area contributed by atoms with Gasteiger partial charge in [0.2, 0.25) is 0 Å². The Bertz CT molecular complexity index is 640. The normalized spacial score (nSPS) is 10.5. The fraction of sp³-hybridized carbons (Fsp3) is 0.133. The van der Waals surface area contributed by atoms with Crippen molar-refractivity contribution in [2.24, 2.45) is 0 Å². The molecule has 19 heavy (non-hydrogen) atoms. The molecule has 0 aliphatic rings. The number of benzene rings is 2. The molecule has 2 aromatic rings. The first-order chi connectivity index (χ1) is 8.99. The highest BCUT2D eigenvalue weighted by Gasteiger charge is 2.13. The summed E-state index contributed by atoms with van der Waals surface area (Å²) in [5.74, 6) is -0.361. The molecule has 0 radical (unpaired) electrons. The summed E-state index contributed by atoms with van der Waals surface area (Å²) in [7, 11) is 0. The van der Waals surface area contributed by atoms with E-state index in [0.29, 0.717) is 15.7 Å². The average Bonchev–Trinajstić information content (AvgIpc) is 2.36. The van der Waals surface area contributed by atoms with Gasteiger partial charge in [-0.3, -0.25) is 4.79 Å². The van der Waals surface area contributed by atoms with Gasteiger partial charge in [0, 0.05) is 22.1 Å². The molecule has 0 saturated heterocycles. The molecule has 2 nitrogen and oxygen atoms in total. The van der Waals surface area contributed by atoms with Crippen LogP contribution in [0.15, 0.2) is 40.9 Å². The van der Waals surface area contributed by atoms with Crippen molar-refractivity contribution in [3.63, 3.8) is 0 Å². The number of hydrogen-bond acceptors (Lipinski definition) is 2. The summed E-state index contributed by atoms with van der Waals surface area (Å²) in [5.41, 5.74) is 8.54. The Kier molecular flexibility index (Phi) is 4.00. The van der Waals surface area contributed by atoms with Gasteiger partial charge in [-0.25, -0.2) is 4.39 Å². The van der Waals surface area contributed by atoms with Crippen LogP contribution in [0.3, 0.4) is 0 Å². The summed E-state index contributed by atoms with van der Waals surface area (Å²) in [5, 5.41) is 0. The van der Waals surface area contributed by atoms with Crippen molar-refractivity contribution in [2.45, 2.75) is 13.3 Å². The number of Topliss-reactive ketones (excluding diaryl/α,β-unsaturated/α-hetero) is 1. The number of hydrogen-bond donors (Lipinski definition) is 1. The van der Waals surface area contributed by atoms with Crippen LogP contribution in [0.1, 0.15) is 21.5 Å². The zero-order valence-electron chi connectivity index (χ0n) is 10.4. The molecule has 0 bridgehead atoms. The molecule has 0 aliphatic carbocycles. The lowest BCUT2D eigenvalue weighted by molar-refractivity contribution is 0.0992. The van der Waals surface area contributed by atoms with Crippen LogP contribution in [0.2, 0.25) is 0 Å². The molecule has 0 aliphatic heterocycles. The van der Waals surface area contributed by atoms with Crippen LogP contribution in [0.4, 0.5) is 10.1 Å². The van der Waals surface area contributed by atoms with Crippen molar-refractivity contribution in [3.05, 3.63) is 63.4 Å². The highest BCUT2D eigenvalue weighted by Crippen LogP contribution is 2.22. The van der Waals surface area contributed by atoms with Gasteiger partial charge in [0.25, 0.3) is 0 Å². The van der Waals surface area contributed by atoms with Crippen LogP contribution in [0.25, 0.3) is 0 Å². The van der Waals surface area contributed by atoms with Crippen molar-refractivity contribution in [1.29, 1.82) is 0 Å². The summed E-state index contributed by atoms with van der Waals surface area (Å²) in [6.07, 6.45) is 0.213. The molecule has 4 heteroatoms. The predicted octanol–water partition coefficient (Wildman–Crippen LogP) is 3.90. The van der Waals surface area contributed by atoms with Gasteiger partial charge < -0.3 is 5.73 Å². The molecule has 0 heterocycles. The summed E-state index contributed by atoms with van der Waals surface area (Å²) in [6, 6.07) is 9.59. The van der Waals surface area contributed by atoms with Crippen LogP contribution in [-0.4, -0.2) is 5.78 Å². The lowest BCUT2D eigenvalue weighted by Gasteiger charge is -2.08. The molecule has 0 aromatic heterocycles. The molecule has 0 fully saturated rings. The fourth-order valence-corrected chi connectivity index (χ4v) is 2.38. The molecule has 0 amide bonds. The first-order valence-corrected chi connectivity index (χ1v) is 6.60. The van der Waals surface area contributed by atoms with E-state index < -0.39 is 0 Å². The monoisotopic (exact) mass is 321 g/mol. The Morgan fingerprint density at radius 1 is 1.32 bits per heavy atom. The molecule has 2 rings (SSSR count). The topological polar surface area (TPSA) is 43.1 Å². The van der Waals surface area contributed by atoms with Gasteiger partial charge in [-0.1, -0.05) is 34.1 Å². The summed E-state index contributed by atoms with van der Waals surface area (Å²) >= 11 is 3.26. The van der Waals surface area contributed by atoms with Crippen molar-refractivity contribution < 1.29 is 9.18 Å². The summed E-state index contributed by atoms with van der Waals surface area (Å²) in [6.45, 7) is 1.82. The zero-order valence-corrected chi connectivity index (χ0v) is 12.0. The van der Waals surface area contributed by atoms with Crippen molar-refractivity contribution in [2.75, 3.05) is 5.73 Å². The largest absolute Gasteiger partial charge is 0.398 e. The molecule has 0 unspecified atom stereocenters. The Balaban J connectivity index is 2.28. The second-order valence-electron chi connectivity index (χ2n) is 4.36. The highest BCUT2D eigenvalue weighted by molar-refractivity contribution is 9.10. The third kappa shape index (κ3) is 3.01. The van der Waals surface area contributed by atoms with E-state index in [4.69, 9.17) is 5.73 Å². The van der Waals surface area contributed by atoms with E-state index in [1.165, 1.54) is 12.1 Å². The molecular formula is C15H13BrFNO. The number of rotatable bonds is 3. The number of anilines is 1. The lowest BCUT2D eigenvalue weighted by atomic mass is 9.98. The van der Waals surface area contributed by atoms with Crippen LogP contribution in [-0.2, 0) is 6.42 Å². The van der Waals surface area contributed by atoms with E-state index in [2.05, 4.69) is 15.9 Å². The number of nitrogens with two attached hydrogens (primary N) is 1. The minimum atomic E-state index is -0.330. The lowest BCUT2D eigenvalue weighted by Crippen LogP contribution is -2.07. The number of carbonyl (C=O) groups is 1. The quantitative estimate of drug-likeness (QED) is 0.688. The minimum absolute atomic E-state index is 0.0305. The second-order valence-corrected chi connectivity index (χ2v) is 5.21. The van der Waals surface area contributed by atoms with Gasteiger partial charge in [0.15, 0.2) is 5.78 Å². The Morgan fingerprint density at radius 2 is 2.05 bits per heavy atom. The van der Waals surface area contributed by atoms with Crippen LogP contribution < -0.4 is 5.73 Å². The van der Waals surface area contributed by atoms with E-state index in [9.17, 15) is 9.18 Å². The van der Waals surface area contributed by atoms with Gasteiger partial charge in [0.05, 0.1) is 0 Å². The molecule has 2 N–H and O–H groups in total. The Morgan fingerprint density at radius 3 is 2.74 bits per heavy atom. The molecule has 0 saturated carbocycles. The maximum Gasteiger partial charge on any atom is 0.167 e. The van der Waals surface area contributed by atoms with E-state index in [1.807, 2.05) is 6.92 Å². The average molecular weight is 322 g/mol. The van der Waals surface area contributed by atoms with E-state index in [-0.39, 0.29) is 18.0 Å². The molecule has 98 valence electrons. The SMILES string of the molecule is Cc1c(N)cccc1C(=O)Cc1ccc(F)cc1Br. The van der Waals surface area contributed by atoms with Gasteiger partial charge in [-0.15, -0.1) is 0 Å². The molecule has 0 spiro atoms. The minimum Gasteiger partial charge on any atom is -0.398 e. The zero-order chi connectivity index (χ0) is 14.0. The van der Waals surface area contributed by atoms with Crippen LogP contribution in [0, 0.1) is 12.7 Å². The third-order valence-electron chi connectivity index (χ3n) is 3.04. The Labute approximate surface area is 119 Å². The number of ketones is 1. The van der Waals surface area contributed by atoms with Gasteiger partial charge in [0.1, 0.15) is 5.82 Å². The maximum absolute atomic E-state index is 13.0. The fourth-order valence-electron chi connectivity index (χ4n) is 1.89. The first-order valence-electron chi connectivity index (χ1n) is 5.81. The van der Waals surface area contributed by atoms with Crippen molar-refractivity contribution >= 4 is 27.4 Å². The summed E-state index contributed by atoms with van der Waals surface area (Å²) < 4.78 is 13.6. The van der Waals surface area contributed by atoms with Crippen molar-refractivity contribution in [1.82, 2.24) is 0 Å². The van der Waals surface area contributed by atoms with Crippen LogP contribution in [0.5, 0.6) is 0 Å². The number of carbonyl (C=O) groups excluding carboxylic acids is 1. The van der Waals surface area contributed by atoms with Gasteiger partial charge >= 0.3 is 0 Å². The predicted molar refractivity (Wildman–Crippen MR) is 77.7 cm³/mol. The maximum atomic E-state index is 13.0. The summed E-state index contributed by atoms with van der Waals surface area (Å²) in [4.78, 5) is 12.3. The number of halogens is 2. The first kappa shape index (κ1) is 13.7. The molecule has 0 atom stereocenters. The smallest absolute Gasteiger partial charge is 0.167 e. The van der Waals surface area contributed by atoms with Gasteiger partial charge in [-0.2, -0.15) is 0 Å².